The second-order valence-corrected chi connectivity index (χ2v) is 5.64. The Morgan fingerprint density at radius 3 is 2.62 bits per heavy atom. The van der Waals surface area contributed by atoms with Crippen LogP contribution in [0.15, 0.2) is 22.7 Å². The second kappa shape index (κ2) is 4.23. The van der Waals surface area contributed by atoms with E-state index in [1.54, 1.807) is 0 Å². The summed E-state index contributed by atoms with van der Waals surface area (Å²) < 4.78 is 24.1. The minimum atomic E-state index is -2.89. The molecule has 0 aliphatic rings. The first-order chi connectivity index (χ1) is 7.41. The smallest absolute Gasteiger partial charge is 0.335 e. The van der Waals surface area contributed by atoms with Gasteiger partial charge in [-0.05, 0) is 39.7 Å². The average molecular weight is 401 g/mol. The zero-order valence-corrected chi connectivity index (χ0v) is 11.8. The van der Waals surface area contributed by atoms with Crippen molar-refractivity contribution in [3.8, 4) is 0 Å². The molecule has 0 amide bonds. The van der Waals surface area contributed by atoms with E-state index in [-0.39, 0.29) is 5.69 Å². The third-order valence-electron chi connectivity index (χ3n) is 2.28. The minimum Gasteiger partial charge on any atom is -0.352 e. The predicted molar refractivity (Wildman–Crippen MR) is 71.8 cm³/mol. The molecule has 0 fully saturated rings. The van der Waals surface area contributed by atoms with Crippen LogP contribution in [0.4, 0.5) is 8.78 Å². The highest BCUT2D eigenvalue weighted by molar-refractivity contribution is 14.1. The summed E-state index contributed by atoms with van der Waals surface area (Å²) in [6.07, 6.45) is 0. The lowest BCUT2D eigenvalue weighted by Crippen LogP contribution is -2.01. The van der Waals surface area contributed by atoms with Crippen molar-refractivity contribution in [2.24, 2.45) is 5.73 Å². The lowest BCUT2D eigenvalue weighted by Gasteiger charge is -2.03. The molecule has 86 valence electrons. The highest BCUT2D eigenvalue weighted by Crippen LogP contribution is 2.37. The van der Waals surface area contributed by atoms with E-state index in [9.17, 15) is 8.78 Å². The van der Waals surface area contributed by atoms with Crippen molar-refractivity contribution in [2.45, 2.75) is 10.5 Å². The van der Waals surface area contributed by atoms with Crippen molar-refractivity contribution in [3.05, 3.63) is 33.9 Å². The topological polar surface area (TPSA) is 41.8 Å². The molecule has 0 saturated carbocycles. The number of alkyl halides is 3. The van der Waals surface area contributed by atoms with Crippen molar-refractivity contribution < 1.29 is 8.78 Å². The Bertz CT molecular complexity index is 533. The van der Waals surface area contributed by atoms with E-state index in [0.29, 0.717) is 12.1 Å². The Morgan fingerprint density at radius 1 is 1.38 bits per heavy atom. The number of nitrogens with one attached hydrogen (secondary N) is 1. The van der Waals surface area contributed by atoms with E-state index in [1.807, 2.05) is 12.1 Å². The van der Waals surface area contributed by atoms with Crippen LogP contribution < -0.4 is 5.73 Å². The molecule has 1 aromatic heterocycles. The van der Waals surface area contributed by atoms with Gasteiger partial charge in [-0.15, -0.1) is 0 Å². The van der Waals surface area contributed by atoms with Crippen molar-refractivity contribution in [2.75, 3.05) is 0 Å². The molecular formula is C10H8BrF2IN2. The zero-order valence-electron chi connectivity index (χ0n) is 8.03. The third kappa shape index (κ3) is 2.23. The van der Waals surface area contributed by atoms with Gasteiger partial charge in [-0.3, -0.25) is 0 Å². The van der Waals surface area contributed by atoms with Crippen LogP contribution in [0.1, 0.15) is 11.3 Å². The van der Waals surface area contributed by atoms with Gasteiger partial charge in [0.1, 0.15) is 0 Å². The van der Waals surface area contributed by atoms with Gasteiger partial charge in [-0.2, -0.15) is 8.78 Å². The van der Waals surface area contributed by atoms with Crippen LogP contribution in [0, 0.1) is 0 Å². The van der Waals surface area contributed by atoms with Gasteiger partial charge in [0.2, 0.25) is 0 Å². The molecular weight excluding hydrogens is 393 g/mol. The van der Waals surface area contributed by atoms with Crippen LogP contribution in [0.3, 0.4) is 0 Å². The quantitative estimate of drug-likeness (QED) is 0.583. The number of fused-ring (bicyclic) bond motifs is 1. The van der Waals surface area contributed by atoms with Gasteiger partial charge in [-0.1, -0.05) is 0 Å². The molecule has 16 heavy (non-hydrogen) atoms. The van der Waals surface area contributed by atoms with E-state index < -0.39 is 3.93 Å². The van der Waals surface area contributed by atoms with Crippen LogP contribution in [-0.2, 0) is 10.5 Å². The first kappa shape index (κ1) is 12.3. The number of aromatic nitrogens is 1. The van der Waals surface area contributed by atoms with Gasteiger partial charge in [0.05, 0.1) is 11.2 Å². The number of nitrogens with two attached hydrogens (primary N) is 1. The van der Waals surface area contributed by atoms with E-state index in [2.05, 4.69) is 20.9 Å². The molecule has 3 N–H and O–H groups in total. The first-order valence-corrected chi connectivity index (χ1v) is 6.37. The van der Waals surface area contributed by atoms with Crippen molar-refractivity contribution in [3.63, 3.8) is 0 Å². The van der Waals surface area contributed by atoms with E-state index in [0.717, 1.165) is 38.0 Å². The van der Waals surface area contributed by atoms with Gasteiger partial charge < -0.3 is 10.7 Å². The van der Waals surface area contributed by atoms with E-state index in [4.69, 9.17) is 5.73 Å². The Kier molecular flexibility index (Phi) is 3.24. The molecule has 0 aliphatic carbocycles. The lowest BCUT2D eigenvalue weighted by molar-refractivity contribution is 0.123. The molecule has 2 aromatic rings. The fourth-order valence-electron chi connectivity index (χ4n) is 1.53. The SMILES string of the molecule is NCc1cc(Br)c2[nH]c(C(F)(F)I)cc2c1. The number of hydrogen-bond acceptors (Lipinski definition) is 1. The van der Waals surface area contributed by atoms with Crippen LogP contribution in [-0.4, -0.2) is 4.98 Å². The predicted octanol–water partition coefficient (Wildman–Crippen LogP) is 3.87. The molecule has 1 aromatic carbocycles. The van der Waals surface area contributed by atoms with Gasteiger partial charge in [-0.25, -0.2) is 0 Å². The molecule has 2 rings (SSSR count). The van der Waals surface area contributed by atoms with Crippen molar-refractivity contribution in [1.82, 2.24) is 4.98 Å². The van der Waals surface area contributed by atoms with Crippen LogP contribution >= 0.6 is 38.5 Å². The first-order valence-electron chi connectivity index (χ1n) is 4.50. The zero-order chi connectivity index (χ0) is 11.9. The number of hydrogen-bond donors (Lipinski definition) is 2. The summed E-state index contributed by atoms with van der Waals surface area (Å²) in [7, 11) is 0. The molecule has 2 nitrogen and oxygen atoms in total. The Hall–Kier alpha value is -0.210. The number of rotatable bonds is 2. The maximum atomic E-state index is 13.1. The summed E-state index contributed by atoms with van der Waals surface area (Å²) in [6, 6.07) is 5.09. The Labute approximate surface area is 113 Å². The van der Waals surface area contributed by atoms with E-state index >= 15 is 0 Å². The maximum Gasteiger partial charge on any atom is 0.335 e. The molecule has 0 saturated heterocycles. The van der Waals surface area contributed by atoms with Gasteiger partial charge in [0.25, 0.3) is 0 Å². The summed E-state index contributed by atoms with van der Waals surface area (Å²) in [5.41, 5.74) is 7.00. The highest BCUT2D eigenvalue weighted by atomic mass is 127. The summed E-state index contributed by atoms with van der Waals surface area (Å²) in [4.78, 5) is 2.71. The number of aromatic amines is 1. The van der Waals surface area contributed by atoms with Crippen LogP contribution in [0.5, 0.6) is 0 Å². The highest BCUT2D eigenvalue weighted by Gasteiger charge is 2.29. The van der Waals surface area contributed by atoms with Crippen molar-refractivity contribution >= 4 is 49.4 Å². The molecule has 0 radical (unpaired) electrons. The Balaban J connectivity index is 2.66. The van der Waals surface area contributed by atoms with E-state index in [1.165, 1.54) is 6.07 Å². The molecule has 0 aliphatic heterocycles. The average Bonchev–Trinajstić information content (AvgIpc) is 2.61. The summed E-state index contributed by atoms with van der Waals surface area (Å²) in [5.74, 6) is 0. The van der Waals surface area contributed by atoms with Crippen molar-refractivity contribution in [1.29, 1.82) is 0 Å². The largest absolute Gasteiger partial charge is 0.352 e. The number of benzene rings is 1. The molecule has 0 unspecified atom stereocenters. The number of H-pyrrole nitrogens is 1. The summed E-state index contributed by atoms with van der Waals surface area (Å²) >= 11 is 4.44. The monoisotopic (exact) mass is 400 g/mol. The van der Waals surface area contributed by atoms with Crippen LogP contribution in [0.2, 0.25) is 0 Å². The standard InChI is InChI=1S/C10H8BrF2IN2/c11-7-2-5(4-15)1-6-3-8(10(12,13)14)16-9(6)7/h1-3,16H,4,15H2. The van der Waals surface area contributed by atoms with Gasteiger partial charge in [0, 0.05) is 39.0 Å². The minimum absolute atomic E-state index is 0.0991. The second-order valence-electron chi connectivity index (χ2n) is 3.43. The molecule has 0 atom stereocenters. The third-order valence-corrected chi connectivity index (χ3v) is 3.49. The maximum absolute atomic E-state index is 13.1. The summed E-state index contributed by atoms with van der Waals surface area (Å²) in [5, 5.41) is 0.737. The molecule has 0 spiro atoms. The fraction of sp³-hybridized carbons (Fsp3) is 0.200. The normalized spacial score (nSPS) is 12.3. The van der Waals surface area contributed by atoms with Gasteiger partial charge >= 0.3 is 3.93 Å². The fourth-order valence-corrected chi connectivity index (χ4v) is 2.44. The van der Waals surface area contributed by atoms with Gasteiger partial charge in [0.15, 0.2) is 0 Å². The van der Waals surface area contributed by atoms with Crippen LogP contribution in [0.25, 0.3) is 10.9 Å². The molecule has 6 heteroatoms. The number of halogens is 4. The Morgan fingerprint density at radius 2 is 2.06 bits per heavy atom. The molecule has 1 heterocycles. The summed E-state index contributed by atoms with van der Waals surface area (Å²) in [6.45, 7) is 0.385. The molecule has 0 bridgehead atoms. The lowest BCUT2D eigenvalue weighted by atomic mass is 10.1.